The number of aromatic nitrogens is 3. The summed E-state index contributed by atoms with van der Waals surface area (Å²) in [5, 5.41) is 15.3. The van der Waals surface area contributed by atoms with Gasteiger partial charge in [-0.25, -0.2) is 0 Å². The normalized spacial score (nSPS) is 10.9. The molecule has 0 fully saturated rings. The van der Waals surface area contributed by atoms with E-state index < -0.39 is 0 Å². The second-order valence-corrected chi connectivity index (χ2v) is 5.94. The lowest BCUT2D eigenvalue weighted by molar-refractivity contribution is 0.633. The zero-order chi connectivity index (χ0) is 17.9. The van der Waals surface area contributed by atoms with Crippen LogP contribution >= 0.6 is 35.6 Å². The highest BCUT2D eigenvalue weighted by Gasteiger charge is 2.02. The molecular weight excluding hydrogens is 463 g/mol. The Morgan fingerprint density at radius 1 is 1.38 bits per heavy atom. The van der Waals surface area contributed by atoms with Gasteiger partial charge < -0.3 is 15.2 Å². The third kappa shape index (κ3) is 7.74. The minimum absolute atomic E-state index is 0. The van der Waals surface area contributed by atoms with E-state index in [-0.39, 0.29) is 24.0 Å². The van der Waals surface area contributed by atoms with Crippen LogP contribution < -0.4 is 10.6 Å². The number of benzene rings is 1. The van der Waals surface area contributed by atoms with Gasteiger partial charge in [-0.15, -0.1) is 40.8 Å². The van der Waals surface area contributed by atoms with Crippen LogP contribution in [0.15, 0.2) is 48.2 Å². The molecule has 0 unspecified atom stereocenters. The minimum Gasteiger partial charge on any atom is -0.355 e. The summed E-state index contributed by atoms with van der Waals surface area (Å²) in [5.41, 5.74) is 1.18. The molecule has 0 amide bonds. The molecule has 8 heteroatoms. The van der Waals surface area contributed by atoms with Crippen molar-refractivity contribution < 1.29 is 0 Å². The van der Waals surface area contributed by atoms with Crippen LogP contribution in [0, 0.1) is 0 Å². The maximum absolute atomic E-state index is 6.01. The van der Waals surface area contributed by atoms with Crippen LogP contribution in [-0.4, -0.2) is 40.4 Å². The van der Waals surface area contributed by atoms with Crippen LogP contribution in [-0.2, 0) is 19.4 Å². The van der Waals surface area contributed by atoms with Crippen molar-refractivity contribution >= 4 is 41.5 Å². The number of nitrogens with one attached hydrogen (secondary N) is 2. The maximum Gasteiger partial charge on any atom is 0.191 e. The van der Waals surface area contributed by atoms with Gasteiger partial charge in [0.15, 0.2) is 5.96 Å². The average Bonchev–Trinajstić information content (AvgIpc) is 3.06. The molecule has 0 saturated carbocycles. The quantitative estimate of drug-likeness (QED) is 0.246. The number of guanidine groups is 1. The van der Waals surface area contributed by atoms with Crippen molar-refractivity contribution in [2.75, 3.05) is 19.6 Å². The zero-order valence-electron chi connectivity index (χ0n) is 15.0. The van der Waals surface area contributed by atoms with E-state index in [4.69, 9.17) is 11.6 Å². The van der Waals surface area contributed by atoms with Crippen LogP contribution in [0.2, 0.25) is 5.02 Å². The monoisotopic (exact) mass is 488 g/mol. The predicted molar refractivity (Wildman–Crippen MR) is 118 cm³/mol. The Balaban J connectivity index is 0.00000338. The summed E-state index contributed by atoms with van der Waals surface area (Å²) in [7, 11) is 0. The topological polar surface area (TPSA) is 67.1 Å². The number of aryl methyl sites for hydroxylation is 1. The Hall–Kier alpha value is -1.61. The molecule has 0 bridgehead atoms. The van der Waals surface area contributed by atoms with Crippen LogP contribution in [0.3, 0.4) is 0 Å². The van der Waals surface area contributed by atoms with Crippen LogP contribution in [0.4, 0.5) is 0 Å². The fraction of sp³-hybridized carbons (Fsp3) is 0.389. The van der Waals surface area contributed by atoms with Gasteiger partial charge in [-0.1, -0.05) is 36.7 Å². The Kier molecular flexibility index (Phi) is 11.0. The number of hydrogen-bond acceptors (Lipinski definition) is 3. The lowest BCUT2D eigenvalue weighted by Crippen LogP contribution is -2.39. The molecule has 0 radical (unpaired) electrons. The third-order valence-corrected chi connectivity index (χ3v) is 3.87. The van der Waals surface area contributed by atoms with E-state index in [1.807, 2.05) is 28.8 Å². The Bertz CT molecular complexity index is 700. The van der Waals surface area contributed by atoms with Gasteiger partial charge in [-0.05, 0) is 24.1 Å². The molecule has 0 aliphatic heterocycles. The van der Waals surface area contributed by atoms with Crippen molar-refractivity contribution in [1.82, 2.24) is 25.4 Å². The number of aliphatic imine (C=N–C) groups is 1. The number of hydrogen-bond donors (Lipinski definition) is 2. The van der Waals surface area contributed by atoms with Gasteiger partial charge in [0.1, 0.15) is 12.2 Å². The van der Waals surface area contributed by atoms with E-state index in [0.717, 1.165) is 42.7 Å². The summed E-state index contributed by atoms with van der Waals surface area (Å²) in [6.45, 7) is 8.68. The van der Waals surface area contributed by atoms with E-state index in [1.165, 1.54) is 5.56 Å². The van der Waals surface area contributed by atoms with Crippen molar-refractivity contribution in [3.8, 4) is 0 Å². The Morgan fingerprint density at radius 3 is 2.96 bits per heavy atom. The minimum atomic E-state index is 0. The molecule has 0 saturated heterocycles. The molecule has 2 aromatic rings. The summed E-state index contributed by atoms with van der Waals surface area (Å²) < 4.78 is 2.05. The molecule has 0 spiro atoms. The smallest absolute Gasteiger partial charge is 0.191 e. The highest BCUT2D eigenvalue weighted by atomic mass is 127. The van der Waals surface area contributed by atoms with Gasteiger partial charge >= 0.3 is 0 Å². The molecule has 0 aliphatic rings. The third-order valence-electron chi connectivity index (χ3n) is 3.63. The van der Waals surface area contributed by atoms with Gasteiger partial charge in [0.05, 0.1) is 0 Å². The second-order valence-electron chi connectivity index (χ2n) is 5.50. The van der Waals surface area contributed by atoms with Crippen molar-refractivity contribution in [1.29, 1.82) is 0 Å². The number of nitrogens with zero attached hydrogens (tertiary/aromatic N) is 4. The van der Waals surface area contributed by atoms with Gasteiger partial charge in [-0.2, -0.15) is 0 Å². The first-order chi connectivity index (χ1) is 12.2. The van der Waals surface area contributed by atoms with E-state index in [9.17, 15) is 0 Å². The molecule has 1 aromatic heterocycles. The summed E-state index contributed by atoms with van der Waals surface area (Å²) in [5.74, 6) is 1.76. The highest BCUT2D eigenvalue weighted by Crippen LogP contribution is 2.10. The largest absolute Gasteiger partial charge is 0.355 e. The van der Waals surface area contributed by atoms with Gasteiger partial charge in [0, 0.05) is 37.6 Å². The number of rotatable bonds is 9. The van der Waals surface area contributed by atoms with Gasteiger partial charge in [0.2, 0.25) is 0 Å². The summed E-state index contributed by atoms with van der Waals surface area (Å²) in [6, 6.07) is 7.87. The van der Waals surface area contributed by atoms with Crippen molar-refractivity contribution in [3.05, 3.63) is 59.7 Å². The lowest BCUT2D eigenvalue weighted by Gasteiger charge is -2.12. The van der Waals surface area contributed by atoms with Crippen molar-refractivity contribution in [2.24, 2.45) is 4.99 Å². The first kappa shape index (κ1) is 22.4. The van der Waals surface area contributed by atoms with E-state index in [2.05, 4.69) is 45.4 Å². The Labute approximate surface area is 177 Å². The molecule has 1 aromatic carbocycles. The average molecular weight is 489 g/mol. The molecule has 6 nitrogen and oxygen atoms in total. The van der Waals surface area contributed by atoms with Crippen molar-refractivity contribution in [2.45, 2.75) is 26.3 Å². The lowest BCUT2D eigenvalue weighted by atomic mass is 10.1. The molecule has 0 atom stereocenters. The first-order valence-corrected chi connectivity index (χ1v) is 8.85. The van der Waals surface area contributed by atoms with Gasteiger partial charge in [0.25, 0.3) is 0 Å². The standard InChI is InChI=1S/C18H25ClN6.HI/c1-3-9-20-18(21-10-8-15-6-5-7-16(19)13-15)22-11-12-25-14-23-24-17(25)4-2;/h3,5-7,13-14H,1,4,8-12H2,2H3,(H2,20,21,22);1H. The fourth-order valence-electron chi connectivity index (χ4n) is 2.37. The van der Waals surface area contributed by atoms with Crippen LogP contribution in [0.5, 0.6) is 0 Å². The summed E-state index contributed by atoms with van der Waals surface area (Å²) in [4.78, 5) is 4.61. The molecule has 2 N–H and O–H groups in total. The second kappa shape index (κ2) is 12.7. The molecule has 26 heavy (non-hydrogen) atoms. The SMILES string of the molecule is C=CCNC(=NCCc1cccc(Cl)c1)NCCn1cnnc1CC.I. The van der Waals surface area contributed by atoms with Crippen molar-refractivity contribution in [3.63, 3.8) is 0 Å². The van der Waals surface area contributed by atoms with E-state index in [1.54, 1.807) is 6.33 Å². The van der Waals surface area contributed by atoms with E-state index >= 15 is 0 Å². The maximum atomic E-state index is 6.01. The molecule has 2 rings (SSSR count). The predicted octanol–water partition coefficient (Wildman–Crippen LogP) is 3.08. The molecular formula is C18H26ClIN6. The van der Waals surface area contributed by atoms with E-state index in [0.29, 0.717) is 13.1 Å². The zero-order valence-corrected chi connectivity index (χ0v) is 18.1. The summed E-state index contributed by atoms with van der Waals surface area (Å²) in [6.07, 6.45) is 5.28. The molecule has 0 aliphatic carbocycles. The molecule has 1 heterocycles. The summed E-state index contributed by atoms with van der Waals surface area (Å²) >= 11 is 6.01. The Morgan fingerprint density at radius 2 is 2.23 bits per heavy atom. The van der Waals surface area contributed by atoms with Gasteiger partial charge in [-0.3, -0.25) is 4.99 Å². The molecule has 142 valence electrons. The van der Waals surface area contributed by atoms with Crippen LogP contribution in [0.25, 0.3) is 0 Å². The highest BCUT2D eigenvalue weighted by molar-refractivity contribution is 14.0. The number of halogens is 2. The fourth-order valence-corrected chi connectivity index (χ4v) is 2.58. The first-order valence-electron chi connectivity index (χ1n) is 8.47. The van der Waals surface area contributed by atoms with Crippen LogP contribution in [0.1, 0.15) is 18.3 Å².